The highest BCUT2D eigenvalue weighted by molar-refractivity contribution is 5.00. The summed E-state index contributed by atoms with van der Waals surface area (Å²) < 4.78 is 6.10. The second-order valence-electron chi connectivity index (χ2n) is 7.55. The number of nitrogens with two attached hydrogens (primary N) is 1. The Hall–Kier alpha value is -0.120. The number of hydrogen-bond donors (Lipinski definition) is 1. The van der Waals surface area contributed by atoms with Crippen LogP contribution in [0.15, 0.2) is 0 Å². The van der Waals surface area contributed by atoms with Gasteiger partial charge in [-0.2, -0.15) is 0 Å². The van der Waals surface area contributed by atoms with E-state index in [2.05, 4.69) is 39.5 Å². The van der Waals surface area contributed by atoms with Gasteiger partial charge in [0.25, 0.3) is 0 Å². The molecule has 0 amide bonds. The fourth-order valence-corrected chi connectivity index (χ4v) is 3.41. The molecule has 0 spiro atoms. The SMILES string of the molecule is CC1(C)CN(CC(C)(N)C2CC2)CC(C)(C)O1. The van der Waals surface area contributed by atoms with E-state index in [1.165, 1.54) is 12.8 Å². The van der Waals surface area contributed by atoms with Crippen LogP contribution >= 0.6 is 0 Å². The lowest BCUT2D eigenvalue weighted by atomic mass is 9.93. The van der Waals surface area contributed by atoms with E-state index in [0.717, 1.165) is 25.6 Å². The Morgan fingerprint density at radius 1 is 1.18 bits per heavy atom. The lowest BCUT2D eigenvalue weighted by Gasteiger charge is -2.49. The van der Waals surface area contributed by atoms with Crippen LogP contribution in [-0.2, 0) is 4.74 Å². The molecule has 2 aliphatic rings. The first kappa shape index (κ1) is 13.3. The molecule has 1 aliphatic heterocycles. The molecule has 2 N–H and O–H groups in total. The van der Waals surface area contributed by atoms with E-state index in [-0.39, 0.29) is 16.7 Å². The van der Waals surface area contributed by atoms with Gasteiger partial charge in [-0.3, -0.25) is 4.90 Å². The lowest BCUT2D eigenvalue weighted by Crippen LogP contribution is -2.61. The van der Waals surface area contributed by atoms with E-state index in [0.29, 0.717) is 0 Å². The lowest BCUT2D eigenvalue weighted by molar-refractivity contribution is -0.182. The highest BCUT2D eigenvalue weighted by Gasteiger charge is 2.43. The summed E-state index contributed by atoms with van der Waals surface area (Å²) in [6, 6.07) is 0. The van der Waals surface area contributed by atoms with Crippen molar-refractivity contribution in [3.63, 3.8) is 0 Å². The highest BCUT2D eigenvalue weighted by Crippen LogP contribution is 2.39. The molecule has 2 rings (SSSR count). The first-order valence-electron chi connectivity index (χ1n) is 6.81. The van der Waals surface area contributed by atoms with Crippen LogP contribution in [0, 0.1) is 5.92 Å². The van der Waals surface area contributed by atoms with Crippen molar-refractivity contribution < 1.29 is 4.74 Å². The van der Waals surface area contributed by atoms with Gasteiger partial charge in [0.15, 0.2) is 0 Å². The third kappa shape index (κ3) is 3.43. The fourth-order valence-electron chi connectivity index (χ4n) is 3.41. The second-order valence-corrected chi connectivity index (χ2v) is 7.55. The van der Waals surface area contributed by atoms with E-state index in [9.17, 15) is 0 Å². The Labute approximate surface area is 106 Å². The third-order valence-electron chi connectivity index (χ3n) is 3.84. The van der Waals surface area contributed by atoms with Crippen LogP contribution in [0.1, 0.15) is 47.5 Å². The standard InChI is InChI=1S/C14H28N2O/c1-12(2)8-16(9-13(3,4)17-12)10-14(5,15)11-6-7-11/h11H,6-10,15H2,1-5H3. The van der Waals surface area contributed by atoms with Crippen molar-refractivity contribution in [3.8, 4) is 0 Å². The summed E-state index contributed by atoms with van der Waals surface area (Å²) in [6.45, 7) is 13.9. The van der Waals surface area contributed by atoms with Gasteiger partial charge in [-0.05, 0) is 53.4 Å². The van der Waals surface area contributed by atoms with Gasteiger partial charge < -0.3 is 10.5 Å². The minimum absolute atomic E-state index is 0.0243. The molecule has 1 unspecified atom stereocenters. The molecule has 2 fully saturated rings. The normalized spacial score (nSPS) is 32.1. The summed E-state index contributed by atoms with van der Waals surface area (Å²) in [7, 11) is 0. The van der Waals surface area contributed by atoms with Crippen molar-refractivity contribution in [2.75, 3.05) is 19.6 Å². The van der Waals surface area contributed by atoms with Crippen molar-refractivity contribution in [1.29, 1.82) is 0 Å². The summed E-state index contributed by atoms with van der Waals surface area (Å²) in [4.78, 5) is 2.49. The fraction of sp³-hybridized carbons (Fsp3) is 1.00. The van der Waals surface area contributed by atoms with Crippen LogP contribution in [-0.4, -0.2) is 41.3 Å². The van der Waals surface area contributed by atoms with Crippen molar-refractivity contribution in [2.24, 2.45) is 11.7 Å². The second kappa shape index (κ2) is 3.94. The highest BCUT2D eigenvalue weighted by atomic mass is 16.5. The molecule has 1 saturated carbocycles. The van der Waals surface area contributed by atoms with E-state index >= 15 is 0 Å². The minimum Gasteiger partial charge on any atom is -0.367 e. The third-order valence-corrected chi connectivity index (χ3v) is 3.84. The first-order valence-corrected chi connectivity index (χ1v) is 6.81. The largest absolute Gasteiger partial charge is 0.367 e. The predicted molar refractivity (Wildman–Crippen MR) is 71.0 cm³/mol. The van der Waals surface area contributed by atoms with Crippen molar-refractivity contribution >= 4 is 0 Å². The smallest absolute Gasteiger partial charge is 0.0760 e. The molecule has 1 heterocycles. The topological polar surface area (TPSA) is 38.5 Å². The summed E-state index contributed by atoms with van der Waals surface area (Å²) in [6.07, 6.45) is 2.62. The van der Waals surface area contributed by atoms with Gasteiger partial charge in [-0.25, -0.2) is 0 Å². The van der Waals surface area contributed by atoms with Crippen LogP contribution in [0.2, 0.25) is 0 Å². The zero-order valence-electron chi connectivity index (χ0n) is 12.0. The molecule has 1 atom stereocenters. The Bertz CT molecular complexity index is 277. The van der Waals surface area contributed by atoms with E-state index in [1.807, 2.05) is 0 Å². The van der Waals surface area contributed by atoms with Crippen LogP contribution in [0.4, 0.5) is 0 Å². The van der Waals surface area contributed by atoms with Crippen LogP contribution in [0.5, 0.6) is 0 Å². The molecule has 3 heteroatoms. The zero-order valence-corrected chi connectivity index (χ0v) is 12.0. The molecule has 0 aromatic heterocycles. The Morgan fingerprint density at radius 2 is 1.65 bits per heavy atom. The molecule has 17 heavy (non-hydrogen) atoms. The van der Waals surface area contributed by atoms with Gasteiger partial charge in [0, 0.05) is 25.2 Å². The van der Waals surface area contributed by atoms with Gasteiger partial charge in [-0.1, -0.05) is 0 Å². The maximum Gasteiger partial charge on any atom is 0.0760 e. The number of ether oxygens (including phenoxy) is 1. The Morgan fingerprint density at radius 3 is 2.06 bits per heavy atom. The van der Waals surface area contributed by atoms with Gasteiger partial charge in [0.1, 0.15) is 0 Å². The summed E-state index contributed by atoms with van der Waals surface area (Å²) in [5.41, 5.74) is 6.29. The zero-order chi connectivity index (χ0) is 12.9. The van der Waals surface area contributed by atoms with E-state index in [4.69, 9.17) is 10.5 Å². The Kier molecular flexibility index (Phi) is 3.08. The van der Waals surface area contributed by atoms with Crippen molar-refractivity contribution in [1.82, 2.24) is 4.90 Å². The van der Waals surface area contributed by atoms with Gasteiger partial charge in [-0.15, -0.1) is 0 Å². The first-order chi connectivity index (χ1) is 7.60. The van der Waals surface area contributed by atoms with Gasteiger partial charge >= 0.3 is 0 Å². The quantitative estimate of drug-likeness (QED) is 0.820. The van der Waals surface area contributed by atoms with Gasteiger partial charge in [0.2, 0.25) is 0 Å². The van der Waals surface area contributed by atoms with Gasteiger partial charge in [0.05, 0.1) is 11.2 Å². The van der Waals surface area contributed by atoms with Crippen LogP contribution in [0.25, 0.3) is 0 Å². The number of hydrogen-bond acceptors (Lipinski definition) is 3. The molecule has 100 valence electrons. The number of nitrogens with zero attached hydrogens (tertiary/aromatic N) is 1. The van der Waals surface area contributed by atoms with E-state index < -0.39 is 0 Å². The van der Waals surface area contributed by atoms with Crippen LogP contribution < -0.4 is 5.73 Å². The van der Waals surface area contributed by atoms with E-state index in [1.54, 1.807) is 0 Å². The van der Waals surface area contributed by atoms with Crippen molar-refractivity contribution in [3.05, 3.63) is 0 Å². The summed E-state index contributed by atoms with van der Waals surface area (Å²) >= 11 is 0. The molecule has 1 aliphatic carbocycles. The summed E-state index contributed by atoms with van der Waals surface area (Å²) in [5, 5.41) is 0. The average Bonchev–Trinajstić information content (AvgIpc) is 2.74. The molecule has 0 bridgehead atoms. The Balaban J connectivity index is 2.00. The maximum absolute atomic E-state index is 6.45. The number of rotatable bonds is 3. The monoisotopic (exact) mass is 240 g/mol. The maximum atomic E-state index is 6.45. The molecule has 0 aromatic carbocycles. The molecular formula is C14H28N2O. The molecule has 1 saturated heterocycles. The van der Waals surface area contributed by atoms with Crippen LogP contribution in [0.3, 0.4) is 0 Å². The summed E-state index contributed by atoms with van der Waals surface area (Å²) in [5.74, 6) is 0.733. The molecule has 0 aromatic rings. The minimum atomic E-state index is -0.0681. The predicted octanol–water partition coefficient (Wildman–Crippen LogP) is 2.00. The average molecular weight is 240 g/mol. The molecule has 0 radical (unpaired) electrons. The molecular weight excluding hydrogens is 212 g/mol. The number of morpholine rings is 1. The van der Waals surface area contributed by atoms with Crippen molar-refractivity contribution in [2.45, 2.75) is 64.2 Å². The molecule has 3 nitrogen and oxygen atoms in total.